The van der Waals surface area contributed by atoms with Crippen LogP contribution < -0.4 is 20.7 Å². The van der Waals surface area contributed by atoms with Gasteiger partial charge in [0.25, 0.3) is 0 Å². The molecule has 2 saturated heterocycles. The molecule has 3 aromatic heterocycles. The van der Waals surface area contributed by atoms with Crippen LogP contribution in [0.25, 0.3) is 11.5 Å². The minimum atomic E-state index is -0.591. The molecular formula is C28H37N9O2S. The SMILES string of the molecule is CC[C@H](Oc1nc(-c2noc([C@@]3(C)CCCc4sc(N)c(C#N)c43)n2)cc(N2CCNCC2)n1)[C@@H]1CCCN1C. The number of fused-ring (bicyclic) bond motifs is 1. The number of thiophene rings is 1. The fraction of sp³-hybridized carbons (Fsp3) is 0.607. The van der Waals surface area contributed by atoms with Crippen LogP contribution in [0.3, 0.4) is 0 Å². The quantitative estimate of drug-likeness (QED) is 0.437. The normalized spacial score (nSPS) is 24.1. The molecule has 40 heavy (non-hydrogen) atoms. The second-order valence-corrected chi connectivity index (χ2v) is 12.4. The van der Waals surface area contributed by atoms with E-state index in [-0.39, 0.29) is 6.10 Å². The third-order valence-corrected chi connectivity index (χ3v) is 9.76. The number of ether oxygens (including phenoxy) is 1. The maximum absolute atomic E-state index is 9.86. The summed E-state index contributed by atoms with van der Waals surface area (Å²) in [7, 11) is 2.16. The summed E-state index contributed by atoms with van der Waals surface area (Å²) < 4.78 is 12.4. The molecule has 3 atom stereocenters. The van der Waals surface area contributed by atoms with Gasteiger partial charge in [0.05, 0.1) is 11.0 Å². The van der Waals surface area contributed by atoms with E-state index >= 15 is 0 Å². The highest BCUT2D eigenvalue weighted by Crippen LogP contribution is 2.48. The van der Waals surface area contributed by atoms with Crippen molar-refractivity contribution in [2.75, 3.05) is 50.4 Å². The van der Waals surface area contributed by atoms with Crippen LogP contribution >= 0.6 is 11.3 Å². The predicted molar refractivity (Wildman–Crippen MR) is 154 cm³/mol. The van der Waals surface area contributed by atoms with Crippen LogP contribution in [0.2, 0.25) is 0 Å². The van der Waals surface area contributed by atoms with Gasteiger partial charge in [-0.15, -0.1) is 11.3 Å². The molecule has 2 fully saturated rings. The van der Waals surface area contributed by atoms with Crippen LogP contribution in [-0.2, 0) is 11.8 Å². The summed E-state index contributed by atoms with van der Waals surface area (Å²) in [4.78, 5) is 20.2. The Kier molecular flexibility index (Phi) is 7.37. The fourth-order valence-corrected chi connectivity index (χ4v) is 7.66. The summed E-state index contributed by atoms with van der Waals surface area (Å²) in [5.41, 5.74) is 7.65. The number of aryl methyl sites for hydroxylation is 1. The summed E-state index contributed by atoms with van der Waals surface area (Å²) in [6, 6.07) is 4.91. The Morgan fingerprint density at radius 1 is 1.27 bits per heavy atom. The predicted octanol–water partition coefficient (Wildman–Crippen LogP) is 3.35. The van der Waals surface area contributed by atoms with Gasteiger partial charge < -0.3 is 25.2 Å². The third kappa shape index (κ3) is 4.80. The highest BCUT2D eigenvalue weighted by atomic mass is 32.1. The average molecular weight is 564 g/mol. The Morgan fingerprint density at radius 2 is 2.10 bits per heavy atom. The van der Waals surface area contributed by atoms with E-state index in [0.29, 0.717) is 40.0 Å². The Bertz CT molecular complexity index is 1410. The van der Waals surface area contributed by atoms with Crippen LogP contribution in [0.1, 0.15) is 67.8 Å². The highest BCUT2D eigenvalue weighted by molar-refractivity contribution is 7.16. The van der Waals surface area contributed by atoms with Crippen molar-refractivity contribution in [3.8, 4) is 23.6 Å². The topological polar surface area (TPSA) is 142 Å². The number of hydrogen-bond acceptors (Lipinski definition) is 12. The van der Waals surface area contributed by atoms with E-state index in [2.05, 4.69) is 47.2 Å². The van der Waals surface area contributed by atoms with Crippen molar-refractivity contribution < 1.29 is 9.26 Å². The van der Waals surface area contributed by atoms with Gasteiger partial charge in [-0.1, -0.05) is 12.1 Å². The summed E-state index contributed by atoms with van der Waals surface area (Å²) in [6.07, 6.45) is 5.78. The van der Waals surface area contributed by atoms with Crippen LogP contribution in [0.5, 0.6) is 6.01 Å². The molecule has 212 valence electrons. The zero-order valence-corrected chi connectivity index (χ0v) is 24.3. The number of piperazine rings is 1. The Hall–Kier alpha value is -3.27. The molecule has 6 rings (SSSR count). The molecule has 5 heterocycles. The van der Waals surface area contributed by atoms with Crippen molar-refractivity contribution in [2.45, 2.75) is 69.9 Å². The van der Waals surface area contributed by atoms with Crippen LogP contribution in [0.15, 0.2) is 10.6 Å². The smallest absolute Gasteiger partial charge is 0.319 e. The lowest BCUT2D eigenvalue weighted by Gasteiger charge is -2.30. The number of aromatic nitrogens is 4. The molecule has 0 aromatic carbocycles. The van der Waals surface area contributed by atoms with E-state index in [0.717, 1.165) is 81.1 Å². The summed E-state index contributed by atoms with van der Waals surface area (Å²) in [5.74, 6) is 1.66. The van der Waals surface area contributed by atoms with Gasteiger partial charge in [-0.3, -0.25) is 4.90 Å². The third-order valence-electron chi connectivity index (χ3n) is 8.68. The van der Waals surface area contributed by atoms with Gasteiger partial charge in [0, 0.05) is 48.7 Å². The zero-order valence-electron chi connectivity index (χ0n) is 23.4. The number of nitrogens with zero attached hydrogens (tertiary/aromatic N) is 7. The number of rotatable bonds is 7. The number of nitrogens with two attached hydrogens (primary N) is 1. The van der Waals surface area contributed by atoms with Crippen molar-refractivity contribution in [3.05, 3.63) is 28.0 Å². The number of anilines is 2. The molecule has 3 N–H and O–H groups in total. The number of nitriles is 1. The van der Waals surface area contributed by atoms with Crippen molar-refractivity contribution in [2.24, 2.45) is 0 Å². The van der Waals surface area contributed by atoms with Gasteiger partial charge in [-0.05, 0) is 59.0 Å². The number of likely N-dealkylation sites (tertiary alicyclic amines) is 1. The van der Waals surface area contributed by atoms with Gasteiger partial charge in [-0.2, -0.15) is 20.2 Å². The summed E-state index contributed by atoms with van der Waals surface area (Å²) in [6.45, 7) is 8.75. The zero-order chi connectivity index (χ0) is 27.9. The van der Waals surface area contributed by atoms with Crippen molar-refractivity contribution in [1.29, 1.82) is 5.26 Å². The first-order valence-electron chi connectivity index (χ1n) is 14.3. The largest absolute Gasteiger partial charge is 0.458 e. The van der Waals surface area contributed by atoms with E-state index in [1.54, 1.807) is 0 Å². The van der Waals surface area contributed by atoms with E-state index in [1.807, 2.05) is 6.07 Å². The Morgan fingerprint density at radius 3 is 2.83 bits per heavy atom. The van der Waals surface area contributed by atoms with E-state index in [9.17, 15) is 5.26 Å². The van der Waals surface area contributed by atoms with Gasteiger partial charge in [0.1, 0.15) is 28.7 Å². The van der Waals surface area contributed by atoms with E-state index in [1.165, 1.54) is 17.8 Å². The lowest BCUT2D eigenvalue weighted by molar-refractivity contribution is 0.0944. The van der Waals surface area contributed by atoms with Gasteiger partial charge >= 0.3 is 6.01 Å². The second-order valence-electron chi connectivity index (χ2n) is 11.2. The number of hydrogen-bond donors (Lipinski definition) is 2. The van der Waals surface area contributed by atoms with Crippen LogP contribution in [-0.4, -0.2) is 76.9 Å². The molecule has 2 aliphatic heterocycles. The monoisotopic (exact) mass is 563 g/mol. The lowest BCUT2D eigenvalue weighted by Crippen LogP contribution is -2.44. The molecule has 0 amide bonds. The maximum Gasteiger partial charge on any atom is 0.319 e. The molecule has 12 heteroatoms. The molecule has 11 nitrogen and oxygen atoms in total. The molecule has 3 aromatic rings. The Balaban J connectivity index is 1.37. The van der Waals surface area contributed by atoms with Gasteiger partial charge in [-0.25, -0.2) is 0 Å². The number of nitrogen functional groups attached to an aromatic ring is 1. The maximum atomic E-state index is 9.86. The second kappa shape index (κ2) is 11.0. The molecule has 0 radical (unpaired) electrons. The molecule has 0 unspecified atom stereocenters. The van der Waals surface area contributed by atoms with Gasteiger partial charge in [0.2, 0.25) is 11.7 Å². The number of likely N-dealkylation sites (N-methyl/N-ethyl adjacent to an activating group) is 1. The number of nitrogens with one attached hydrogen (secondary N) is 1. The lowest BCUT2D eigenvalue weighted by atomic mass is 9.72. The first kappa shape index (κ1) is 26.9. The average Bonchev–Trinajstić information content (AvgIpc) is 3.71. The van der Waals surface area contributed by atoms with Crippen LogP contribution in [0.4, 0.5) is 10.8 Å². The van der Waals surface area contributed by atoms with E-state index in [4.69, 9.17) is 29.9 Å². The first-order valence-corrected chi connectivity index (χ1v) is 15.1. The summed E-state index contributed by atoms with van der Waals surface area (Å²) >= 11 is 1.49. The van der Waals surface area contributed by atoms with E-state index < -0.39 is 5.41 Å². The molecular weight excluding hydrogens is 526 g/mol. The molecule has 0 bridgehead atoms. The molecule has 0 spiro atoms. The standard InChI is InChI=1S/C28H37N9O2S/c1-4-20(19-7-6-12-36(19)3)38-27-32-18(15-22(33-27)37-13-10-31-11-14-37)25-34-26(39-35-25)28(2)9-5-8-21-23(28)17(16-29)24(30)40-21/h15,19-20,31H,4-14,30H2,1-3H3/t19-,20-,28-/m0/s1. The highest BCUT2D eigenvalue weighted by Gasteiger charge is 2.43. The minimum Gasteiger partial charge on any atom is -0.458 e. The minimum absolute atomic E-state index is 0.00697. The molecule has 1 aliphatic carbocycles. The van der Waals surface area contributed by atoms with Gasteiger partial charge in [0.15, 0.2) is 0 Å². The molecule has 3 aliphatic rings. The Labute approximate surface area is 238 Å². The van der Waals surface area contributed by atoms with Crippen molar-refractivity contribution >= 4 is 22.2 Å². The summed E-state index contributed by atoms with van der Waals surface area (Å²) in [5, 5.41) is 18.2. The van der Waals surface area contributed by atoms with Crippen molar-refractivity contribution in [1.82, 2.24) is 30.3 Å². The van der Waals surface area contributed by atoms with Crippen molar-refractivity contribution in [3.63, 3.8) is 0 Å². The van der Waals surface area contributed by atoms with Crippen LogP contribution in [0, 0.1) is 11.3 Å². The fourth-order valence-electron chi connectivity index (χ4n) is 6.47. The first-order chi connectivity index (χ1) is 19.4. The molecule has 0 saturated carbocycles.